The van der Waals surface area contributed by atoms with Gasteiger partial charge in [-0.25, -0.2) is 4.79 Å². The Morgan fingerprint density at radius 3 is 2.48 bits per heavy atom. The monoisotopic (exact) mass is 415 g/mol. The molecule has 4 rings (SSSR count). The van der Waals surface area contributed by atoms with Gasteiger partial charge in [-0.2, -0.15) is 0 Å². The number of urea groups is 1. The number of nitrogens with zero attached hydrogens (tertiary/aromatic N) is 1. The van der Waals surface area contributed by atoms with Crippen LogP contribution in [0, 0.1) is 0 Å². The van der Waals surface area contributed by atoms with Gasteiger partial charge in [0, 0.05) is 18.7 Å². The van der Waals surface area contributed by atoms with Crippen LogP contribution in [-0.2, 0) is 17.6 Å². The van der Waals surface area contributed by atoms with Crippen molar-refractivity contribution >= 4 is 23.3 Å². The van der Waals surface area contributed by atoms with E-state index in [-0.39, 0.29) is 5.91 Å². The summed E-state index contributed by atoms with van der Waals surface area (Å²) in [5, 5.41) is 5.67. The van der Waals surface area contributed by atoms with Gasteiger partial charge in [-0.3, -0.25) is 4.79 Å². The van der Waals surface area contributed by atoms with Crippen LogP contribution in [-0.4, -0.2) is 31.6 Å². The van der Waals surface area contributed by atoms with Gasteiger partial charge in [-0.05, 0) is 35.7 Å². The molecule has 0 saturated carbocycles. The summed E-state index contributed by atoms with van der Waals surface area (Å²) >= 11 is 0. The highest BCUT2D eigenvalue weighted by atomic mass is 16.5. The predicted molar refractivity (Wildman–Crippen MR) is 122 cm³/mol. The van der Waals surface area contributed by atoms with Crippen LogP contribution in [0.1, 0.15) is 11.1 Å². The lowest BCUT2D eigenvalue weighted by atomic mass is 10.0. The van der Waals surface area contributed by atoms with Gasteiger partial charge in [0.25, 0.3) is 0 Å². The second-order valence-corrected chi connectivity index (χ2v) is 7.41. The van der Waals surface area contributed by atoms with E-state index in [1.165, 1.54) is 0 Å². The average Bonchev–Trinajstić information content (AvgIpc) is 3.23. The topological polar surface area (TPSA) is 70.7 Å². The maximum atomic E-state index is 13.5. The number of hydrogen-bond acceptors (Lipinski definition) is 3. The maximum absolute atomic E-state index is 13.5. The van der Waals surface area contributed by atoms with E-state index in [1.807, 2.05) is 66.7 Å². The van der Waals surface area contributed by atoms with E-state index >= 15 is 0 Å². The van der Waals surface area contributed by atoms with E-state index in [2.05, 4.69) is 10.6 Å². The van der Waals surface area contributed by atoms with Crippen molar-refractivity contribution in [2.75, 3.05) is 23.9 Å². The van der Waals surface area contributed by atoms with Crippen LogP contribution >= 0.6 is 0 Å². The zero-order valence-electron chi connectivity index (χ0n) is 17.4. The van der Waals surface area contributed by atoms with Crippen LogP contribution in [0.3, 0.4) is 0 Å². The molecular weight excluding hydrogens is 390 g/mol. The Morgan fingerprint density at radius 1 is 0.968 bits per heavy atom. The molecule has 2 N–H and O–H groups in total. The van der Waals surface area contributed by atoms with Gasteiger partial charge in [0.15, 0.2) is 0 Å². The molecule has 0 fully saturated rings. The SMILES string of the molecule is COc1ccccc1NC(=O)NC(Cc1ccccc1)C(=O)N1CCc2ccccc21. The van der Waals surface area contributed by atoms with Crippen molar-refractivity contribution in [2.24, 2.45) is 0 Å². The molecule has 1 aliphatic heterocycles. The number of hydrogen-bond donors (Lipinski definition) is 2. The molecule has 1 unspecified atom stereocenters. The van der Waals surface area contributed by atoms with Crippen LogP contribution in [0.2, 0.25) is 0 Å². The second kappa shape index (κ2) is 9.34. The van der Waals surface area contributed by atoms with E-state index in [9.17, 15) is 9.59 Å². The summed E-state index contributed by atoms with van der Waals surface area (Å²) in [5.74, 6) is 0.432. The highest BCUT2D eigenvalue weighted by molar-refractivity contribution is 6.02. The third-order valence-electron chi connectivity index (χ3n) is 5.39. The van der Waals surface area contributed by atoms with Gasteiger partial charge in [0.05, 0.1) is 12.8 Å². The summed E-state index contributed by atoms with van der Waals surface area (Å²) in [6.07, 6.45) is 1.21. The molecule has 6 heteroatoms. The zero-order valence-corrected chi connectivity index (χ0v) is 17.4. The summed E-state index contributed by atoms with van der Waals surface area (Å²) in [6.45, 7) is 0.610. The van der Waals surface area contributed by atoms with Gasteiger partial charge in [0.2, 0.25) is 5.91 Å². The van der Waals surface area contributed by atoms with Crippen LogP contribution < -0.4 is 20.3 Å². The van der Waals surface area contributed by atoms with Crippen LogP contribution in [0.4, 0.5) is 16.2 Å². The maximum Gasteiger partial charge on any atom is 0.320 e. The molecule has 6 nitrogen and oxygen atoms in total. The van der Waals surface area contributed by atoms with Crippen LogP contribution in [0.25, 0.3) is 0 Å². The van der Waals surface area contributed by atoms with E-state index in [0.717, 1.165) is 23.2 Å². The highest BCUT2D eigenvalue weighted by Crippen LogP contribution is 2.28. The van der Waals surface area contributed by atoms with Crippen LogP contribution in [0.15, 0.2) is 78.9 Å². The van der Waals surface area contributed by atoms with Crippen molar-refractivity contribution in [3.05, 3.63) is 90.0 Å². The summed E-state index contributed by atoms with van der Waals surface area (Å²) in [4.78, 5) is 28.1. The van der Waals surface area contributed by atoms with E-state index < -0.39 is 12.1 Å². The summed E-state index contributed by atoms with van der Waals surface area (Å²) in [7, 11) is 1.55. The number of para-hydroxylation sites is 3. The van der Waals surface area contributed by atoms with E-state index in [0.29, 0.717) is 24.4 Å². The molecule has 0 radical (unpaired) electrons. The number of anilines is 2. The van der Waals surface area contributed by atoms with Crippen molar-refractivity contribution in [1.29, 1.82) is 0 Å². The van der Waals surface area contributed by atoms with Gasteiger partial charge in [0.1, 0.15) is 11.8 Å². The molecular formula is C25H25N3O3. The van der Waals surface area contributed by atoms with Gasteiger partial charge < -0.3 is 20.3 Å². The fraction of sp³-hybridized carbons (Fsp3) is 0.200. The number of carbonyl (C=O) groups excluding carboxylic acids is 2. The summed E-state index contributed by atoms with van der Waals surface area (Å²) in [5.41, 5.74) is 3.58. The van der Waals surface area contributed by atoms with Gasteiger partial charge in [-0.15, -0.1) is 0 Å². The summed E-state index contributed by atoms with van der Waals surface area (Å²) < 4.78 is 5.30. The van der Waals surface area contributed by atoms with Gasteiger partial charge >= 0.3 is 6.03 Å². The Morgan fingerprint density at radius 2 is 1.68 bits per heavy atom. The smallest absolute Gasteiger partial charge is 0.320 e. The van der Waals surface area contributed by atoms with Gasteiger partial charge in [-0.1, -0.05) is 60.7 Å². The minimum absolute atomic E-state index is 0.121. The largest absolute Gasteiger partial charge is 0.495 e. The Bertz CT molecular complexity index is 1070. The fourth-order valence-electron chi connectivity index (χ4n) is 3.87. The van der Waals surface area contributed by atoms with Crippen molar-refractivity contribution < 1.29 is 14.3 Å². The fourth-order valence-corrected chi connectivity index (χ4v) is 3.87. The quantitative estimate of drug-likeness (QED) is 0.639. The van der Waals surface area contributed by atoms with Crippen molar-refractivity contribution in [3.63, 3.8) is 0 Å². The number of benzene rings is 3. The number of amides is 3. The number of fused-ring (bicyclic) bond motifs is 1. The Hall–Kier alpha value is -3.80. The first kappa shape index (κ1) is 20.5. The Kier molecular flexibility index (Phi) is 6.17. The highest BCUT2D eigenvalue weighted by Gasteiger charge is 2.31. The lowest BCUT2D eigenvalue weighted by Gasteiger charge is -2.25. The Balaban J connectivity index is 1.54. The number of ether oxygens (including phenoxy) is 1. The molecule has 0 bridgehead atoms. The van der Waals surface area contributed by atoms with Crippen molar-refractivity contribution in [2.45, 2.75) is 18.9 Å². The molecule has 3 aromatic carbocycles. The molecule has 158 valence electrons. The molecule has 1 atom stereocenters. The molecule has 3 aromatic rings. The normalized spacial score (nSPS) is 13.3. The van der Waals surface area contributed by atoms with Crippen LogP contribution in [0.5, 0.6) is 5.75 Å². The first-order chi connectivity index (χ1) is 15.2. The molecule has 0 saturated heterocycles. The lowest BCUT2D eigenvalue weighted by molar-refractivity contribution is -0.120. The zero-order chi connectivity index (χ0) is 21.6. The first-order valence-corrected chi connectivity index (χ1v) is 10.3. The molecule has 31 heavy (non-hydrogen) atoms. The average molecular weight is 415 g/mol. The molecule has 0 aliphatic carbocycles. The number of rotatable bonds is 6. The molecule has 0 aromatic heterocycles. The third kappa shape index (κ3) is 4.69. The lowest BCUT2D eigenvalue weighted by Crippen LogP contribution is -2.50. The standard InChI is InChI=1S/C25H25N3O3/c1-31-23-14-8-6-12-20(23)26-25(30)27-21(17-18-9-3-2-4-10-18)24(29)28-16-15-19-11-5-7-13-22(19)28/h2-14,21H,15-17H2,1H3,(H2,26,27,30). The minimum Gasteiger partial charge on any atom is -0.495 e. The first-order valence-electron chi connectivity index (χ1n) is 10.3. The summed E-state index contributed by atoms with van der Waals surface area (Å²) in [6, 6.07) is 23.6. The number of methoxy groups -OCH3 is 1. The molecule has 1 aliphatic rings. The minimum atomic E-state index is -0.705. The van der Waals surface area contributed by atoms with Crippen molar-refractivity contribution in [1.82, 2.24) is 5.32 Å². The predicted octanol–water partition coefficient (Wildman–Crippen LogP) is 4.02. The number of carbonyl (C=O) groups is 2. The molecule has 1 heterocycles. The number of nitrogens with one attached hydrogen (secondary N) is 2. The van der Waals surface area contributed by atoms with Crippen molar-refractivity contribution in [3.8, 4) is 5.75 Å². The second-order valence-electron chi connectivity index (χ2n) is 7.41. The van der Waals surface area contributed by atoms with E-state index in [4.69, 9.17) is 4.74 Å². The molecule has 0 spiro atoms. The Labute approximate surface area is 181 Å². The van der Waals surface area contributed by atoms with E-state index in [1.54, 1.807) is 24.1 Å². The third-order valence-corrected chi connectivity index (χ3v) is 5.39. The molecule has 3 amide bonds.